The molecule has 0 spiro atoms. The topological polar surface area (TPSA) is 98.6 Å². The summed E-state index contributed by atoms with van der Waals surface area (Å²) in [6.07, 6.45) is 4.91. The molecule has 174 valence electrons. The number of anilines is 1. The summed E-state index contributed by atoms with van der Waals surface area (Å²) in [4.78, 5) is 30.2. The molecule has 0 aliphatic carbocycles. The molecule has 2 amide bonds. The van der Waals surface area contributed by atoms with Crippen LogP contribution in [0.15, 0.2) is 59.6 Å². The molecular weight excluding hydrogens is 490 g/mol. The van der Waals surface area contributed by atoms with E-state index in [-0.39, 0.29) is 31.4 Å². The Morgan fingerprint density at radius 2 is 1.88 bits per heavy atom. The Balaban J connectivity index is 1.36. The Kier molecular flexibility index (Phi) is 8.82. The number of amides is 2. The van der Waals surface area contributed by atoms with E-state index in [1.54, 1.807) is 36.5 Å². The summed E-state index contributed by atoms with van der Waals surface area (Å²) >= 11 is 3.27. The zero-order chi connectivity index (χ0) is 23.6. The van der Waals surface area contributed by atoms with E-state index in [1.807, 2.05) is 31.2 Å². The van der Waals surface area contributed by atoms with Crippen molar-refractivity contribution in [3.63, 3.8) is 0 Å². The van der Waals surface area contributed by atoms with Crippen molar-refractivity contribution in [2.24, 2.45) is 0 Å². The second-order valence-electron chi connectivity index (χ2n) is 7.36. The predicted molar refractivity (Wildman–Crippen MR) is 127 cm³/mol. The highest BCUT2D eigenvalue weighted by molar-refractivity contribution is 9.10. The zero-order valence-corrected chi connectivity index (χ0v) is 20.1. The van der Waals surface area contributed by atoms with Gasteiger partial charge in [-0.1, -0.05) is 17.7 Å². The fourth-order valence-electron chi connectivity index (χ4n) is 2.79. The number of nitrogens with zero attached hydrogens (tertiary/aromatic N) is 4. The second-order valence-corrected chi connectivity index (χ2v) is 8.18. The number of carbonyl (C=O) groups excluding carboxylic acids is 2. The Labute approximate surface area is 200 Å². The van der Waals surface area contributed by atoms with Gasteiger partial charge < -0.3 is 19.7 Å². The van der Waals surface area contributed by atoms with E-state index in [2.05, 4.69) is 31.3 Å². The van der Waals surface area contributed by atoms with Crippen LogP contribution >= 0.6 is 15.9 Å². The minimum Gasteiger partial charge on any atom is -0.493 e. The number of aromatic nitrogens is 3. The molecular formula is C23H26BrN5O4. The normalized spacial score (nSPS) is 10.5. The number of benzene rings is 1. The van der Waals surface area contributed by atoms with Crippen LogP contribution < -0.4 is 14.8 Å². The molecule has 2 heterocycles. The average Bonchev–Trinajstić information content (AvgIpc) is 3.21. The van der Waals surface area contributed by atoms with Crippen molar-refractivity contribution in [1.82, 2.24) is 19.7 Å². The van der Waals surface area contributed by atoms with Gasteiger partial charge in [0.05, 0.1) is 31.5 Å². The van der Waals surface area contributed by atoms with E-state index in [4.69, 9.17) is 9.47 Å². The largest absolute Gasteiger partial charge is 0.493 e. The maximum atomic E-state index is 12.4. The van der Waals surface area contributed by atoms with E-state index >= 15 is 0 Å². The number of rotatable bonds is 11. The number of likely N-dealkylation sites (N-methyl/N-ethyl adjacent to an activating group) is 1. The van der Waals surface area contributed by atoms with Crippen LogP contribution in [-0.2, 0) is 16.1 Å². The van der Waals surface area contributed by atoms with Crippen molar-refractivity contribution in [1.29, 1.82) is 0 Å². The lowest BCUT2D eigenvalue weighted by molar-refractivity contribution is -0.131. The smallest absolute Gasteiger partial charge is 0.244 e. The molecule has 9 nitrogen and oxygen atoms in total. The van der Waals surface area contributed by atoms with E-state index in [0.717, 1.165) is 11.3 Å². The molecule has 0 unspecified atom stereocenters. The van der Waals surface area contributed by atoms with Crippen molar-refractivity contribution < 1.29 is 19.1 Å². The van der Waals surface area contributed by atoms with Crippen molar-refractivity contribution >= 4 is 33.4 Å². The van der Waals surface area contributed by atoms with Crippen LogP contribution in [0.1, 0.15) is 12.0 Å². The summed E-state index contributed by atoms with van der Waals surface area (Å²) in [5.41, 5.74) is 1.68. The lowest BCUT2D eigenvalue weighted by atomic mass is 10.2. The van der Waals surface area contributed by atoms with Crippen LogP contribution in [0.4, 0.5) is 5.69 Å². The third kappa shape index (κ3) is 8.23. The molecule has 33 heavy (non-hydrogen) atoms. The fourth-order valence-corrected chi connectivity index (χ4v) is 3.14. The Bertz CT molecular complexity index is 1070. The highest BCUT2D eigenvalue weighted by Gasteiger charge is 2.12. The monoisotopic (exact) mass is 515 g/mol. The minimum absolute atomic E-state index is 0.0664. The molecule has 0 radical (unpaired) electrons. The molecule has 0 saturated carbocycles. The number of carbonyl (C=O) groups is 2. The second kappa shape index (κ2) is 12.0. The van der Waals surface area contributed by atoms with Crippen molar-refractivity contribution in [3.8, 4) is 11.5 Å². The molecule has 10 heteroatoms. The van der Waals surface area contributed by atoms with Crippen molar-refractivity contribution in [3.05, 3.63) is 65.2 Å². The molecule has 0 aliphatic rings. The summed E-state index contributed by atoms with van der Waals surface area (Å²) < 4.78 is 13.3. The Morgan fingerprint density at radius 1 is 1.12 bits per heavy atom. The number of pyridine rings is 1. The first-order chi connectivity index (χ1) is 15.9. The standard InChI is InChI=1S/C23H26BrN5O4/c1-17-3-5-19(6-4-17)33-12-10-28(2)23(31)16-29-15-18(14-26-29)27-22(30)8-11-32-20-7-9-25-21(24)13-20/h3-7,9,13-15H,8,10-12,16H2,1-2H3,(H,27,30). The van der Waals surface area contributed by atoms with Gasteiger partial charge in [-0.3, -0.25) is 14.3 Å². The van der Waals surface area contributed by atoms with Gasteiger partial charge in [0.2, 0.25) is 11.8 Å². The quantitative estimate of drug-likeness (QED) is 0.393. The van der Waals surface area contributed by atoms with Gasteiger partial charge in [-0.25, -0.2) is 4.98 Å². The maximum absolute atomic E-state index is 12.4. The molecule has 0 saturated heterocycles. The number of hydrogen-bond acceptors (Lipinski definition) is 6. The van der Waals surface area contributed by atoms with Gasteiger partial charge in [-0.2, -0.15) is 5.10 Å². The van der Waals surface area contributed by atoms with Crippen LogP contribution in [-0.4, -0.2) is 58.3 Å². The Hall–Kier alpha value is -3.40. The summed E-state index contributed by atoms with van der Waals surface area (Å²) in [7, 11) is 1.72. The number of halogens is 1. The van der Waals surface area contributed by atoms with Gasteiger partial charge in [-0.05, 0) is 41.1 Å². The molecule has 0 aliphatic heterocycles. The lowest BCUT2D eigenvalue weighted by Crippen LogP contribution is -2.33. The van der Waals surface area contributed by atoms with Gasteiger partial charge in [-0.15, -0.1) is 0 Å². The number of ether oxygens (including phenoxy) is 2. The third-order valence-electron chi connectivity index (χ3n) is 4.65. The first kappa shape index (κ1) is 24.2. The summed E-state index contributed by atoms with van der Waals surface area (Å²) in [6.45, 7) is 3.15. The molecule has 2 aromatic heterocycles. The van der Waals surface area contributed by atoms with Gasteiger partial charge in [0.1, 0.15) is 29.3 Å². The maximum Gasteiger partial charge on any atom is 0.244 e. The predicted octanol–water partition coefficient (Wildman–Crippen LogP) is 3.29. The van der Waals surface area contributed by atoms with Gasteiger partial charge >= 0.3 is 0 Å². The Morgan fingerprint density at radius 3 is 2.64 bits per heavy atom. The van der Waals surface area contributed by atoms with Crippen molar-refractivity contribution in [2.75, 3.05) is 32.1 Å². The molecule has 1 aromatic carbocycles. The number of nitrogens with one attached hydrogen (secondary N) is 1. The molecule has 3 aromatic rings. The molecule has 0 fully saturated rings. The van der Waals surface area contributed by atoms with Crippen molar-refractivity contribution in [2.45, 2.75) is 19.9 Å². The van der Waals surface area contributed by atoms with Crippen LogP contribution in [0.5, 0.6) is 11.5 Å². The number of aryl methyl sites for hydroxylation is 1. The van der Waals surface area contributed by atoms with E-state index in [9.17, 15) is 9.59 Å². The van der Waals surface area contributed by atoms with Gasteiger partial charge in [0.25, 0.3) is 0 Å². The fraction of sp³-hybridized carbons (Fsp3) is 0.304. The van der Waals surface area contributed by atoms with Crippen LogP contribution in [0.3, 0.4) is 0 Å². The van der Waals surface area contributed by atoms with E-state index in [0.29, 0.717) is 29.2 Å². The molecule has 0 atom stereocenters. The van der Waals surface area contributed by atoms with Crippen LogP contribution in [0.25, 0.3) is 0 Å². The first-order valence-electron chi connectivity index (χ1n) is 10.4. The molecule has 0 bridgehead atoms. The van der Waals surface area contributed by atoms with Gasteiger partial charge in [0, 0.05) is 25.5 Å². The molecule has 3 rings (SSSR count). The SMILES string of the molecule is Cc1ccc(OCCN(C)C(=O)Cn2cc(NC(=O)CCOc3ccnc(Br)c3)cn2)cc1. The van der Waals surface area contributed by atoms with Crippen LogP contribution in [0, 0.1) is 6.92 Å². The lowest BCUT2D eigenvalue weighted by Gasteiger charge is -2.17. The zero-order valence-electron chi connectivity index (χ0n) is 18.5. The minimum atomic E-state index is -0.209. The summed E-state index contributed by atoms with van der Waals surface area (Å²) in [6, 6.07) is 11.2. The molecule has 1 N–H and O–H groups in total. The van der Waals surface area contributed by atoms with E-state index in [1.165, 1.54) is 10.9 Å². The number of hydrogen-bond donors (Lipinski definition) is 1. The van der Waals surface area contributed by atoms with Gasteiger partial charge in [0.15, 0.2) is 0 Å². The van der Waals surface area contributed by atoms with Crippen LogP contribution in [0.2, 0.25) is 0 Å². The highest BCUT2D eigenvalue weighted by atomic mass is 79.9. The summed E-state index contributed by atoms with van der Waals surface area (Å²) in [5, 5.41) is 6.90. The first-order valence-corrected chi connectivity index (χ1v) is 11.2. The third-order valence-corrected chi connectivity index (χ3v) is 5.09. The highest BCUT2D eigenvalue weighted by Crippen LogP contribution is 2.15. The van der Waals surface area contributed by atoms with E-state index < -0.39 is 0 Å². The average molecular weight is 516 g/mol. The summed E-state index contributed by atoms with van der Waals surface area (Å²) in [5.74, 6) is 1.08.